The van der Waals surface area contributed by atoms with Gasteiger partial charge in [-0.1, -0.05) is 43.2 Å². The van der Waals surface area contributed by atoms with E-state index in [1.165, 1.54) is 5.56 Å². The Morgan fingerprint density at radius 3 is 2.48 bits per heavy atom. The normalized spacial score (nSPS) is 24.1. The zero-order chi connectivity index (χ0) is 19.8. The largest absolute Gasteiger partial charge is 0.341 e. The fourth-order valence-electron chi connectivity index (χ4n) is 5.71. The van der Waals surface area contributed by atoms with Crippen molar-refractivity contribution < 1.29 is 9.59 Å². The van der Waals surface area contributed by atoms with E-state index in [1.807, 2.05) is 21.7 Å². The van der Waals surface area contributed by atoms with Gasteiger partial charge in [0.15, 0.2) is 0 Å². The van der Waals surface area contributed by atoms with Crippen LogP contribution < -0.4 is 0 Å². The summed E-state index contributed by atoms with van der Waals surface area (Å²) in [7, 11) is 0. The van der Waals surface area contributed by atoms with Crippen LogP contribution in [0.25, 0.3) is 0 Å². The third kappa shape index (κ3) is 3.05. The molecule has 1 aliphatic carbocycles. The molecule has 2 amide bonds. The fourth-order valence-corrected chi connectivity index (χ4v) is 5.71. The van der Waals surface area contributed by atoms with Crippen LogP contribution in [-0.2, 0) is 16.1 Å². The molecule has 3 aliphatic rings. The van der Waals surface area contributed by atoms with E-state index >= 15 is 0 Å². The predicted octanol–water partition coefficient (Wildman–Crippen LogP) is 3.02. The third-order valence-electron chi connectivity index (χ3n) is 7.16. The zero-order valence-corrected chi connectivity index (χ0v) is 16.7. The molecule has 29 heavy (non-hydrogen) atoms. The summed E-state index contributed by atoms with van der Waals surface area (Å²) < 4.78 is 1.81. The lowest BCUT2D eigenvalue weighted by atomic mass is 9.65. The molecule has 1 saturated carbocycles. The van der Waals surface area contributed by atoms with Gasteiger partial charge in [0.05, 0.1) is 17.8 Å². The van der Waals surface area contributed by atoms with Gasteiger partial charge >= 0.3 is 0 Å². The summed E-state index contributed by atoms with van der Waals surface area (Å²) in [6.45, 7) is 1.77. The SMILES string of the molecule is O=C(Cn1ccnc1)N1CCC(N2C(=O)C3(CCCC3)C2c2ccccc2)CC1. The molecule has 5 rings (SSSR count). The van der Waals surface area contributed by atoms with Crippen molar-refractivity contribution in [2.24, 2.45) is 5.41 Å². The summed E-state index contributed by atoms with van der Waals surface area (Å²) in [6, 6.07) is 11.0. The number of hydrogen-bond acceptors (Lipinski definition) is 3. The van der Waals surface area contributed by atoms with Gasteiger partial charge < -0.3 is 14.4 Å². The number of aromatic nitrogens is 2. The second-order valence-corrected chi connectivity index (χ2v) is 8.74. The molecule has 152 valence electrons. The molecule has 1 aromatic heterocycles. The first kappa shape index (κ1) is 18.4. The van der Waals surface area contributed by atoms with Crippen LogP contribution in [0.2, 0.25) is 0 Å². The van der Waals surface area contributed by atoms with Crippen molar-refractivity contribution in [3.05, 3.63) is 54.6 Å². The Bertz CT molecular complexity index is 866. The van der Waals surface area contributed by atoms with Gasteiger partial charge in [0.2, 0.25) is 11.8 Å². The highest BCUT2D eigenvalue weighted by molar-refractivity contribution is 5.91. The number of β-lactam (4-membered cyclic amide) rings is 1. The minimum atomic E-state index is -0.171. The highest BCUT2D eigenvalue weighted by atomic mass is 16.2. The highest BCUT2D eigenvalue weighted by Crippen LogP contribution is 2.60. The average Bonchev–Trinajstić information content (AvgIpc) is 3.45. The van der Waals surface area contributed by atoms with Crippen LogP contribution >= 0.6 is 0 Å². The van der Waals surface area contributed by atoms with Gasteiger partial charge in [-0.05, 0) is 31.2 Å². The number of nitrogens with zero attached hydrogens (tertiary/aromatic N) is 4. The van der Waals surface area contributed by atoms with E-state index in [1.54, 1.807) is 12.5 Å². The number of hydrogen-bond donors (Lipinski definition) is 0. The second kappa shape index (κ2) is 7.32. The van der Waals surface area contributed by atoms with Crippen molar-refractivity contribution in [1.29, 1.82) is 0 Å². The molecular formula is C23H28N4O2. The number of amides is 2. The summed E-state index contributed by atoms with van der Waals surface area (Å²) in [5.41, 5.74) is 1.10. The fraction of sp³-hybridized carbons (Fsp3) is 0.522. The molecule has 0 bridgehead atoms. The van der Waals surface area contributed by atoms with Gasteiger partial charge in [-0.25, -0.2) is 4.98 Å². The van der Waals surface area contributed by atoms with Crippen molar-refractivity contribution in [1.82, 2.24) is 19.4 Å². The maximum absolute atomic E-state index is 13.3. The molecule has 1 spiro atoms. The molecule has 1 aromatic carbocycles. The predicted molar refractivity (Wildman–Crippen MR) is 109 cm³/mol. The second-order valence-electron chi connectivity index (χ2n) is 8.74. The van der Waals surface area contributed by atoms with Gasteiger partial charge in [-0.3, -0.25) is 9.59 Å². The van der Waals surface area contributed by atoms with Crippen LogP contribution in [0.15, 0.2) is 49.1 Å². The van der Waals surface area contributed by atoms with E-state index in [2.05, 4.69) is 34.1 Å². The number of imidazole rings is 1. The first-order chi connectivity index (χ1) is 14.2. The van der Waals surface area contributed by atoms with Crippen molar-refractivity contribution in [3.63, 3.8) is 0 Å². The van der Waals surface area contributed by atoms with E-state index < -0.39 is 0 Å². The number of carbonyl (C=O) groups is 2. The lowest BCUT2D eigenvalue weighted by Gasteiger charge is -2.59. The maximum atomic E-state index is 13.3. The summed E-state index contributed by atoms with van der Waals surface area (Å²) in [6.07, 6.45) is 11.3. The summed E-state index contributed by atoms with van der Waals surface area (Å²) in [5, 5.41) is 0. The average molecular weight is 393 g/mol. The van der Waals surface area contributed by atoms with Crippen LogP contribution in [0.1, 0.15) is 50.1 Å². The molecule has 0 radical (unpaired) electrons. The van der Waals surface area contributed by atoms with Crippen LogP contribution in [-0.4, -0.2) is 50.3 Å². The Kier molecular flexibility index (Phi) is 4.64. The topological polar surface area (TPSA) is 58.4 Å². The van der Waals surface area contributed by atoms with Crippen LogP contribution in [0, 0.1) is 5.41 Å². The van der Waals surface area contributed by atoms with Crippen LogP contribution in [0.3, 0.4) is 0 Å². The van der Waals surface area contributed by atoms with Crippen molar-refractivity contribution in [2.45, 2.75) is 57.2 Å². The Morgan fingerprint density at radius 2 is 1.83 bits per heavy atom. The molecule has 2 aliphatic heterocycles. The molecule has 6 heteroatoms. The van der Waals surface area contributed by atoms with Gasteiger partial charge in [0.25, 0.3) is 0 Å². The Balaban J connectivity index is 1.28. The smallest absolute Gasteiger partial charge is 0.242 e. The first-order valence-electron chi connectivity index (χ1n) is 10.8. The van der Waals surface area contributed by atoms with Gasteiger partial charge in [0, 0.05) is 31.5 Å². The van der Waals surface area contributed by atoms with Crippen molar-refractivity contribution >= 4 is 11.8 Å². The molecule has 3 fully saturated rings. The summed E-state index contributed by atoms with van der Waals surface area (Å²) in [5.74, 6) is 0.482. The lowest BCUT2D eigenvalue weighted by molar-refractivity contribution is -0.181. The standard InChI is InChI=1S/C23H28N4O2/c28-20(16-25-15-12-24-17-25)26-13-8-19(9-14-26)27-21(18-6-2-1-3-7-18)23(22(27)29)10-4-5-11-23/h1-3,6-7,12,15,17,19,21H,4-5,8-11,13-14,16H2. The molecule has 3 heterocycles. The molecule has 2 saturated heterocycles. The monoisotopic (exact) mass is 392 g/mol. The number of likely N-dealkylation sites (tertiary alicyclic amines) is 2. The van der Waals surface area contributed by atoms with Gasteiger partial charge in [-0.15, -0.1) is 0 Å². The van der Waals surface area contributed by atoms with E-state index in [4.69, 9.17) is 0 Å². The van der Waals surface area contributed by atoms with Gasteiger partial charge in [-0.2, -0.15) is 0 Å². The number of rotatable bonds is 4. The Hall–Kier alpha value is -2.63. The maximum Gasteiger partial charge on any atom is 0.242 e. The van der Waals surface area contributed by atoms with E-state index in [0.717, 1.165) is 51.6 Å². The Morgan fingerprint density at radius 1 is 1.10 bits per heavy atom. The zero-order valence-electron chi connectivity index (χ0n) is 16.7. The first-order valence-corrected chi connectivity index (χ1v) is 10.8. The third-order valence-corrected chi connectivity index (χ3v) is 7.16. The minimum absolute atomic E-state index is 0.128. The van der Waals surface area contributed by atoms with Crippen molar-refractivity contribution in [3.8, 4) is 0 Å². The van der Waals surface area contributed by atoms with Crippen LogP contribution in [0.5, 0.6) is 0 Å². The van der Waals surface area contributed by atoms with E-state index in [0.29, 0.717) is 12.5 Å². The van der Waals surface area contributed by atoms with E-state index in [-0.39, 0.29) is 23.4 Å². The number of benzene rings is 1. The number of piperidine rings is 1. The number of carbonyl (C=O) groups excluding carboxylic acids is 2. The quantitative estimate of drug-likeness (QED) is 0.752. The Labute approximate surface area is 171 Å². The molecule has 1 atom stereocenters. The summed E-state index contributed by atoms with van der Waals surface area (Å²) >= 11 is 0. The van der Waals surface area contributed by atoms with Crippen LogP contribution in [0.4, 0.5) is 0 Å². The highest BCUT2D eigenvalue weighted by Gasteiger charge is 2.63. The molecule has 1 unspecified atom stereocenters. The summed E-state index contributed by atoms with van der Waals surface area (Å²) in [4.78, 5) is 34.0. The van der Waals surface area contributed by atoms with Gasteiger partial charge in [0.1, 0.15) is 6.54 Å². The molecule has 2 aromatic rings. The molecular weight excluding hydrogens is 364 g/mol. The molecule has 6 nitrogen and oxygen atoms in total. The minimum Gasteiger partial charge on any atom is -0.341 e. The van der Waals surface area contributed by atoms with Crippen molar-refractivity contribution in [2.75, 3.05) is 13.1 Å². The lowest BCUT2D eigenvalue weighted by Crippen LogP contribution is -2.66. The van der Waals surface area contributed by atoms with E-state index in [9.17, 15) is 9.59 Å². The molecule has 0 N–H and O–H groups in total.